The molecular weight excluding hydrogens is 427 g/mol. The van der Waals surface area contributed by atoms with E-state index in [2.05, 4.69) is 15.5 Å². The third-order valence-electron chi connectivity index (χ3n) is 4.25. The monoisotopic (exact) mass is 448 g/mol. The molecule has 0 aliphatic heterocycles. The zero-order valence-corrected chi connectivity index (χ0v) is 18.1. The molecule has 0 unspecified atom stereocenters. The van der Waals surface area contributed by atoms with E-state index < -0.39 is 15.8 Å². The Morgan fingerprint density at radius 3 is 2.40 bits per heavy atom. The maximum absolute atomic E-state index is 13.1. The predicted molar refractivity (Wildman–Crippen MR) is 117 cm³/mol. The molecule has 30 heavy (non-hydrogen) atoms. The van der Waals surface area contributed by atoms with Gasteiger partial charge in [-0.1, -0.05) is 41.2 Å². The van der Waals surface area contributed by atoms with Crippen LogP contribution in [-0.2, 0) is 14.8 Å². The summed E-state index contributed by atoms with van der Waals surface area (Å²) in [4.78, 5) is 12.2. The van der Waals surface area contributed by atoms with Gasteiger partial charge in [-0.25, -0.2) is 12.8 Å². The Morgan fingerprint density at radius 2 is 1.77 bits per heavy atom. The largest absolute Gasteiger partial charge is 0.301 e. The number of rotatable bonds is 8. The molecule has 7 nitrogen and oxygen atoms in total. The van der Waals surface area contributed by atoms with Crippen LogP contribution in [0.3, 0.4) is 0 Å². The molecule has 0 atom stereocenters. The highest BCUT2D eigenvalue weighted by atomic mass is 32.2. The maximum Gasteiger partial charge on any atom is 0.232 e. The molecule has 0 aliphatic carbocycles. The summed E-state index contributed by atoms with van der Waals surface area (Å²) in [5, 5.41) is 11.9. The Bertz CT molecular complexity index is 1110. The number of amides is 1. The lowest BCUT2D eigenvalue weighted by molar-refractivity contribution is -0.116. The Hall–Kier alpha value is -2.85. The van der Waals surface area contributed by atoms with Gasteiger partial charge in [-0.2, -0.15) is 0 Å². The molecule has 0 bridgehead atoms. The van der Waals surface area contributed by atoms with Gasteiger partial charge in [-0.3, -0.25) is 9.10 Å². The molecular formula is C20H21FN4O3S2. The van der Waals surface area contributed by atoms with E-state index >= 15 is 0 Å². The second-order valence-electron chi connectivity index (χ2n) is 6.74. The number of halogens is 1. The second kappa shape index (κ2) is 9.31. The summed E-state index contributed by atoms with van der Waals surface area (Å²) in [6.45, 7) is 2.10. The first-order chi connectivity index (χ1) is 14.2. The smallest absolute Gasteiger partial charge is 0.232 e. The van der Waals surface area contributed by atoms with Crippen molar-refractivity contribution in [3.63, 3.8) is 0 Å². The molecule has 0 fully saturated rings. The van der Waals surface area contributed by atoms with Gasteiger partial charge in [-0.05, 0) is 37.6 Å². The predicted octanol–water partition coefficient (Wildman–Crippen LogP) is 3.84. The highest BCUT2D eigenvalue weighted by Gasteiger charge is 2.18. The van der Waals surface area contributed by atoms with E-state index in [1.165, 1.54) is 35.6 Å². The zero-order chi connectivity index (χ0) is 21.7. The molecule has 0 saturated heterocycles. The summed E-state index contributed by atoms with van der Waals surface area (Å²) in [7, 11) is -3.56. The summed E-state index contributed by atoms with van der Waals surface area (Å²) in [6, 6.07) is 13.0. The number of nitrogens with one attached hydrogen (secondary N) is 1. The van der Waals surface area contributed by atoms with Gasteiger partial charge < -0.3 is 5.32 Å². The minimum Gasteiger partial charge on any atom is -0.301 e. The van der Waals surface area contributed by atoms with Crippen molar-refractivity contribution in [3.05, 3.63) is 59.9 Å². The Labute approximate surface area is 178 Å². The fourth-order valence-electron chi connectivity index (χ4n) is 2.75. The minimum absolute atomic E-state index is 0.0998. The van der Waals surface area contributed by atoms with Crippen LogP contribution in [0, 0.1) is 12.7 Å². The van der Waals surface area contributed by atoms with E-state index in [1.54, 1.807) is 0 Å². The van der Waals surface area contributed by atoms with Gasteiger partial charge in [0.25, 0.3) is 0 Å². The molecule has 0 aliphatic rings. The van der Waals surface area contributed by atoms with Gasteiger partial charge in [0.2, 0.25) is 21.1 Å². The molecule has 10 heteroatoms. The lowest BCUT2D eigenvalue weighted by atomic mass is 10.2. The summed E-state index contributed by atoms with van der Waals surface area (Å²) < 4.78 is 38.4. The topological polar surface area (TPSA) is 92.3 Å². The second-order valence-corrected chi connectivity index (χ2v) is 9.63. The highest BCUT2D eigenvalue weighted by molar-refractivity contribution is 7.92. The summed E-state index contributed by atoms with van der Waals surface area (Å²) in [5.41, 5.74) is 2.41. The number of benzene rings is 2. The van der Waals surface area contributed by atoms with Crippen molar-refractivity contribution in [2.75, 3.05) is 22.4 Å². The van der Waals surface area contributed by atoms with E-state index in [0.717, 1.165) is 21.7 Å². The first-order valence-electron chi connectivity index (χ1n) is 9.16. The quantitative estimate of drug-likeness (QED) is 0.565. The van der Waals surface area contributed by atoms with Gasteiger partial charge in [0.1, 0.15) is 10.8 Å². The number of sulfonamides is 1. The lowest BCUT2D eigenvalue weighted by Gasteiger charge is -2.22. The normalized spacial score (nSPS) is 11.3. The third-order valence-corrected chi connectivity index (χ3v) is 6.33. The summed E-state index contributed by atoms with van der Waals surface area (Å²) in [5.74, 6) is -0.734. The third kappa shape index (κ3) is 5.83. The van der Waals surface area contributed by atoms with Crippen LogP contribution in [-0.4, -0.2) is 37.3 Å². The minimum atomic E-state index is -3.56. The lowest BCUT2D eigenvalue weighted by Crippen LogP contribution is -2.31. The Kier molecular flexibility index (Phi) is 6.78. The van der Waals surface area contributed by atoms with Gasteiger partial charge in [-0.15, -0.1) is 10.2 Å². The van der Waals surface area contributed by atoms with E-state index in [-0.39, 0.29) is 18.9 Å². The van der Waals surface area contributed by atoms with Gasteiger partial charge in [0.05, 0.1) is 11.9 Å². The maximum atomic E-state index is 13.1. The van der Waals surface area contributed by atoms with Crippen LogP contribution in [0.15, 0.2) is 48.5 Å². The van der Waals surface area contributed by atoms with Crippen LogP contribution >= 0.6 is 11.3 Å². The molecule has 1 aromatic heterocycles. The summed E-state index contributed by atoms with van der Waals surface area (Å²) >= 11 is 1.27. The first-order valence-corrected chi connectivity index (χ1v) is 11.8. The number of hydrogen-bond acceptors (Lipinski definition) is 6. The molecule has 3 aromatic rings. The number of anilines is 2. The van der Waals surface area contributed by atoms with Crippen LogP contribution in [0.25, 0.3) is 10.6 Å². The fourth-order valence-corrected chi connectivity index (χ4v) is 4.48. The molecule has 158 valence electrons. The van der Waals surface area contributed by atoms with Crippen LogP contribution in [0.5, 0.6) is 0 Å². The molecule has 2 aromatic carbocycles. The average molecular weight is 449 g/mol. The number of aromatic nitrogens is 2. The fraction of sp³-hybridized carbons (Fsp3) is 0.250. The van der Waals surface area contributed by atoms with Gasteiger partial charge >= 0.3 is 0 Å². The van der Waals surface area contributed by atoms with E-state index in [1.807, 2.05) is 31.2 Å². The highest BCUT2D eigenvalue weighted by Crippen LogP contribution is 2.26. The van der Waals surface area contributed by atoms with Crippen molar-refractivity contribution in [1.29, 1.82) is 0 Å². The molecule has 0 spiro atoms. The van der Waals surface area contributed by atoms with Crippen molar-refractivity contribution in [2.45, 2.75) is 19.8 Å². The standard InChI is InChI=1S/C20H21FN4O3S2/c1-14-5-7-15(8-6-14)19-23-24-20(29-19)22-18(26)4-3-13-25(30(2,27)28)17-11-9-16(21)10-12-17/h5-12H,3-4,13H2,1-2H3,(H,22,24,26). The summed E-state index contributed by atoms with van der Waals surface area (Å²) in [6.07, 6.45) is 1.47. The van der Waals surface area contributed by atoms with Crippen molar-refractivity contribution < 1.29 is 17.6 Å². The molecule has 0 saturated carbocycles. The Morgan fingerprint density at radius 1 is 1.10 bits per heavy atom. The van der Waals surface area contributed by atoms with Crippen LogP contribution < -0.4 is 9.62 Å². The molecule has 0 radical (unpaired) electrons. The molecule has 3 rings (SSSR count). The van der Waals surface area contributed by atoms with Crippen molar-refractivity contribution in [1.82, 2.24) is 10.2 Å². The van der Waals surface area contributed by atoms with Crippen molar-refractivity contribution >= 4 is 38.1 Å². The van der Waals surface area contributed by atoms with Crippen LogP contribution in [0.4, 0.5) is 15.2 Å². The molecule has 1 amide bonds. The van der Waals surface area contributed by atoms with E-state index in [0.29, 0.717) is 22.2 Å². The number of hydrogen-bond donors (Lipinski definition) is 1. The zero-order valence-electron chi connectivity index (χ0n) is 16.5. The average Bonchev–Trinajstić information content (AvgIpc) is 3.14. The van der Waals surface area contributed by atoms with Gasteiger partial charge in [0, 0.05) is 18.5 Å². The Balaban J connectivity index is 1.56. The SMILES string of the molecule is Cc1ccc(-c2nnc(NC(=O)CCCN(c3ccc(F)cc3)S(C)(=O)=O)s2)cc1. The number of aryl methyl sites for hydroxylation is 1. The van der Waals surface area contributed by atoms with Crippen molar-refractivity contribution in [3.8, 4) is 10.6 Å². The molecule has 1 heterocycles. The van der Waals surface area contributed by atoms with Crippen LogP contribution in [0.1, 0.15) is 18.4 Å². The first kappa shape index (κ1) is 21.8. The molecule has 1 N–H and O–H groups in total. The van der Waals surface area contributed by atoms with E-state index in [4.69, 9.17) is 0 Å². The van der Waals surface area contributed by atoms with Crippen LogP contribution in [0.2, 0.25) is 0 Å². The van der Waals surface area contributed by atoms with Gasteiger partial charge in [0.15, 0.2) is 0 Å². The number of nitrogens with zero attached hydrogens (tertiary/aromatic N) is 3. The van der Waals surface area contributed by atoms with Crippen molar-refractivity contribution in [2.24, 2.45) is 0 Å². The number of carbonyl (C=O) groups is 1. The van der Waals surface area contributed by atoms with E-state index in [9.17, 15) is 17.6 Å². The number of carbonyl (C=O) groups excluding carboxylic acids is 1.